The summed E-state index contributed by atoms with van der Waals surface area (Å²) in [6.07, 6.45) is 1.06. The Labute approximate surface area is 149 Å². The zero-order chi connectivity index (χ0) is 14.7. The van der Waals surface area contributed by atoms with E-state index in [1.54, 1.807) is 11.3 Å². The van der Waals surface area contributed by atoms with Gasteiger partial charge in [0.1, 0.15) is 4.34 Å². The van der Waals surface area contributed by atoms with Crippen LogP contribution in [0.3, 0.4) is 0 Å². The van der Waals surface area contributed by atoms with Crippen molar-refractivity contribution >= 4 is 66.4 Å². The van der Waals surface area contributed by atoms with Gasteiger partial charge in [0.2, 0.25) is 0 Å². The van der Waals surface area contributed by atoms with Crippen molar-refractivity contribution in [3.63, 3.8) is 0 Å². The van der Waals surface area contributed by atoms with E-state index in [0.29, 0.717) is 0 Å². The van der Waals surface area contributed by atoms with E-state index < -0.39 is 0 Å². The molecule has 1 atom stereocenters. The monoisotopic (exact) mass is 455 g/mol. The van der Waals surface area contributed by atoms with E-state index in [9.17, 15) is 0 Å². The van der Waals surface area contributed by atoms with Crippen LogP contribution >= 0.6 is 66.4 Å². The molecule has 0 aliphatic rings. The van der Waals surface area contributed by atoms with Crippen molar-refractivity contribution in [2.24, 2.45) is 0 Å². The lowest BCUT2D eigenvalue weighted by Crippen LogP contribution is -2.22. The smallest absolute Gasteiger partial charge is 0.107 e. The number of thiophene rings is 1. The highest BCUT2D eigenvalue weighted by Gasteiger charge is 2.20. The summed E-state index contributed by atoms with van der Waals surface area (Å²) in [6.45, 7) is 3.07. The van der Waals surface area contributed by atoms with Gasteiger partial charge in [0, 0.05) is 18.8 Å². The average Bonchev–Trinajstić information content (AvgIpc) is 2.74. The average molecular weight is 458 g/mol. The highest BCUT2D eigenvalue weighted by Crippen LogP contribution is 2.39. The van der Waals surface area contributed by atoms with Crippen LogP contribution in [0.1, 0.15) is 29.8 Å². The first kappa shape index (κ1) is 16.8. The third-order valence-electron chi connectivity index (χ3n) is 2.82. The molecule has 0 amide bonds. The summed E-state index contributed by atoms with van der Waals surface area (Å²) in [4.78, 5) is 1.17. The number of hydrogen-bond donors (Lipinski definition) is 1. The van der Waals surface area contributed by atoms with E-state index in [1.165, 1.54) is 4.88 Å². The maximum absolute atomic E-state index is 6.17. The standard InChI is InChI=1S/C14H13Br2Cl2NS/c1-2-5-19-13(12-7-11(16)14(18)20-12)9-6-8(17)3-4-10(9)15/h3-4,6-7,13,19H,2,5H2,1H3. The number of hydrogen-bond acceptors (Lipinski definition) is 2. The Morgan fingerprint density at radius 3 is 2.55 bits per heavy atom. The van der Waals surface area contributed by atoms with Gasteiger partial charge in [0.25, 0.3) is 0 Å². The largest absolute Gasteiger partial charge is 0.306 e. The van der Waals surface area contributed by atoms with Gasteiger partial charge < -0.3 is 5.32 Å². The highest BCUT2D eigenvalue weighted by atomic mass is 79.9. The van der Waals surface area contributed by atoms with Crippen LogP contribution in [-0.4, -0.2) is 6.54 Å². The molecule has 0 aliphatic heterocycles. The molecule has 108 valence electrons. The molecule has 0 spiro atoms. The van der Waals surface area contributed by atoms with Crippen LogP contribution in [0.15, 0.2) is 33.2 Å². The van der Waals surface area contributed by atoms with Crippen molar-refractivity contribution in [3.05, 3.63) is 53.0 Å². The second kappa shape index (κ2) is 7.61. The molecule has 6 heteroatoms. The highest BCUT2D eigenvalue weighted by molar-refractivity contribution is 9.10. The molecule has 0 bridgehead atoms. The van der Waals surface area contributed by atoms with Crippen molar-refractivity contribution < 1.29 is 0 Å². The fourth-order valence-electron chi connectivity index (χ4n) is 1.89. The Kier molecular flexibility index (Phi) is 6.39. The Bertz CT molecular complexity index is 581. The lowest BCUT2D eigenvalue weighted by Gasteiger charge is -2.19. The summed E-state index contributed by atoms with van der Waals surface area (Å²) in [7, 11) is 0. The molecule has 0 radical (unpaired) electrons. The summed E-state index contributed by atoms with van der Waals surface area (Å²) in [5.41, 5.74) is 1.12. The molecule has 1 heterocycles. The van der Waals surface area contributed by atoms with E-state index in [2.05, 4.69) is 50.2 Å². The predicted octanol–water partition coefficient (Wildman–Crippen LogP) is 6.67. The molecule has 0 fully saturated rings. The van der Waals surface area contributed by atoms with Crippen LogP contribution in [0.25, 0.3) is 0 Å². The molecule has 1 unspecified atom stereocenters. The van der Waals surface area contributed by atoms with E-state index in [4.69, 9.17) is 23.2 Å². The Hall–Kier alpha value is 0.420. The Morgan fingerprint density at radius 1 is 1.20 bits per heavy atom. The SMILES string of the molecule is CCCNC(c1cc(Br)c(Cl)s1)c1cc(Cl)ccc1Br. The molecular weight excluding hydrogens is 445 g/mol. The number of rotatable bonds is 5. The van der Waals surface area contributed by atoms with E-state index in [1.807, 2.05) is 18.2 Å². The molecule has 1 nitrogen and oxygen atoms in total. The van der Waals surface area contributed by atoms with Crippen molar-refractivity contribution in [3.8, 4) is 0 Å². The second-order valence-electron chi connectivity index (χ2n) is 4.32. The van der Waals surface area contributed by atoms with Crippen molar-refractivity contribution in [2.45, 2.75) is 19.4 Å². The predicted molar refractivity (Wildman–Crippen MR) is 96.3 cm³/mol. The van der Waals surface area contributed by atoms with Gasteiger partial charge in [-0.25, -0.2) is 0 Å². The van der Waals surface area contributed by atoms with Crippen LogP contribution in [-0.2, 0) is 0 Å². The van der Waals surface area contributed by atoms with Crippen LogP contribution in [0.2, 0.25) is 9.36 Å². The van der Waals surface area contributed by atoms with Crippen molar-refractivity contribution in [1.29, 1.82) is 0 Å². The molecule has 1 aromatic heterocycles. The molecule has 2 aromatic rings. The maximum Gasteiger partial charge on any atom is 0.107 e. The molecule has 1 N–H and O–H groups in total. The summed E-state index contributed by atoms with van der Waals surface area (Å²) < 4.78 is 2.73. The molecule has 20 heavy (non-hydrogen) atoms. The first-order valence-corrected chi connectivity index (χ1v) is 9.31. The van der Waals surface area contributed by atoms with Gasteiger partial charge in [-0.1, -0.05) is 46.1 Å². The van der Waals surface area contributed by atoms with Crippen LogP contribution in [0.5, 0.6) is 0 Å². The Morgan fingerprint density at radius 2 is 1.95 bits per heavy atom. The van der Waals surface area contributed by atoms with Gasteiger partial charge in [0.15, 0.2) is 0 Å². The lowest BCUT2D eigenvalue weighted by molar-refractivity contribution is 0.604. The van der Waals surface area contributed by atoms with Crippen LogP contribution < -0.4 is 5.32 Å². The first-order chi connectivity index (χ1) is 9.52. The Balaban J connectivity index is 2.43. The van der Waals surface area contributed by atoms with Gasteiger partial charge >= 0.3 is 0 Å². The minimum Gasteiger partial charge on any atom is -0.306 e. The quantitative estimate of drug-likeness (QED) is 0.528. The van der Waals surface area contributed by atoms with Gasteiger partial charge in [-0.05, 0) is 58.7 Å². The molecule has 0 saturated heterocycles. The van der Waals surface area contributed by atoms with Crippen LogP contribution in [0.4, 0.5) is 0 Å². The fraction of sp³-hybridized carbons (Fsp3) is 0.286. The number of benzene rings is 1. The molecule has 0 saturated carbocycles. The van der Waals surface area contributed by atoms with Gasteiger partial charge in [-0.15, -0.1) is 11.3 Å². The molecule has 1 aromatic carbocycles. The van der Waals surface area contributed by atoms with E-state index in [-0.39, 0.29) is 6.04 Å². The van der Waals surface area contributed by atoms with E-state index >= 15 is 0 Å². The molecule has 0 aliphatic carbocycles. The van der Waals surface area contributed by atoms with Gasteiger partial charge in [0.05, 0.1) is 6.04 Å². The normalized spacial score (nSPS) is 12.7. The fourth-order valence-corrected chi connectivity index (χ4v) is 4.38. The summed E-state index contributed by atoms with van der Waals surface area (Å²) in [5.74, 6) is 0. The third kappa shape index (κ3) is 3.99. The summed E-state index contributed by atoms with van der Waals surface area (Å²) in [5, 5.41) is 4.28. The molecular formula is C14H13Br2Cl2NS. The summed E-state index contributed by atoms with van der Waals surface area (Å²) >= 11 is 21.0. The number of nitrogens with one attached hydrogen (secondary N) is 1. The lowest BCUT2D eigenvalue weighted by atomic mass is 10.1. The van der Waals surface area contributed by atoms with Crippen LogP contribution in [0, 0.1) is 0 Å². The van der Waals surface area contributed by atoms with E-state index in [0.717, 1.165) is 36.8 Å². The zero-order valence-electron chi connectivity index (χ0n) is 10.7. The van der Waals surface area contributed by atoms with Crippen molar-refractivity contribution in [1.82, 2.24) is 5.32 Å². The van der Waals surface area contributed by atoms with Gasteiger partial charge in [-0.3, -0.25) is 0 Å². The second-order valence-corrected chi connectivity index (χ2v) is 8.15. The third-order valence-corrected chi connectivity index (χ3v) is 6.31. The zero-order valence-corrected chi connectivity index (χ0v) is 16.2. The minimum atomic E-state index is 0.0804. The number of halogens is 4. The topological polar surface area (TPSA) is 12.0 Å². The van der Waals surface area contributed by atoms with Gasteiger partial charge in [-0.2, -0.15) is 0 Å². The minimum absolute atomic E-state index is 0.0804. The van der Waals surface area contributed by atoms with Crippen molar-refractivity contribution in [2.75, 3.05) is 6.54 Å². The first-order valence-electron chi connectivity index (χ1n) is 6.16. The maximum atomic E-state index is 6.17. The summed E-state index contributed by atoms with van der Waals surface area (Å²) in [6, 6.07) is 7.98. The molecule has 2 rings (SSSR count).